The molecule has 0 amide bonds. The molecule has 1 aliphatic carbocycles. The largest absolute Gasteiger partial charge is 0.391 e. The quantitative estimate of drug-likeness (QED) is 0.638. The Hall–Kier alpha value is -1.62. The third-order valence-electron chi connectivity index (χ3n) is 3.50. The van der Waals surface area contributed by atoms with Crippen LogP contribution in [0.15, 0.2) is 18.2 Å². The summed E-state index contributed by atoms with van der Waals surface area (Å²) in [5, 5.41) is 23.9. The number of nitro groups is 1. The van der Waals surface area contributed by atoms with Crippen LogP contribution in [0.1, 0.15) is 31.2 Å². The number of benzene rings is 1. The number of hydrogen-bond acceptors (Lipinski definition) is 4. The smallest absolute Gasteiger partial charge is 0.271 e. The minimum absolute atomic E-state index is 0.000505. The van der Waals surface area contributed by atoms with E-state index >= 15 is 0 Å². The lowest BCUT2D eigenvalue weighted by Gasteiger charge is -2.29. The van der Waals surface area contributed by atoms with Gasteiger partial charge in [-0.1, -0.05) is 18.9 Å². The standard InChI is InChI=1S/C13H18N2O3/c1-9-6-7-10(15(17)18)8-12(9)14-11-4-2-3-5-13(11)16/h6-8,11,13-14,16H,2-5H2,1H3. The maximum absolute atomic E-state index is 10.7. The lowest BCUT2D eigenvalue weighted by Crippen LogP contribution is -2.36. The van der Waals surface area contributed by atoms with Gasteiger partial charge in [0.25, 0.3) is 5.69 Å². The lowest BCUT2D eigenvalue weighted by atomic mass is 9.92. The Morgan fingerprint density at radius 2 is 2.11 bits per heavy atom. The number of aryl methyl sites for hydroxylation is 1. The Morgan fingerprint density at radius 3 is 2.78 bits per heavy atom. The van der Waals surface area contributed by atoms with Crippen molar-refractivity contribution in [2.75, 3.05) is 5.32 Å². The van der Waals surface area contributed by atoms with E-state index in [1.807, 2.05) is 6.92 Å². The number of rotatable bonds is 3. The highest BCUT2D eigenvalue weighted by Crippen LogP contribution is 2.26. The molecule has 0 radical (unpaired) electrons. The highest BCUT2D eigenvalue weighted by Gasteiger charge is 2.23. The molecular weight excluding hydrogens is 232 g/mol. The van der Waals surface area contributed by atoms with Gasteiger partial charge >= 0.3 is 0 Å². The summed E-state index contributed by atoms with van der Waals surface area (Å²) in [6, 6.07) is 4.77. The highest BCUT2D eigenvalue weighted by atomic mass is 16.6. The maximum Gasteiger partial charge on any atom is 0.271 e. The molecule has 2 atom stereocenters. The van der Waals surface area contributed by atoms with Gasteiger partial charge in [-0.05, 0) is 25.3 Å². The van der Waals surface area contributed by atoms with Crippen molar-refractivity contribution in [3.8, 4) is 0 Å². The van der Waals surface area contributed by atoms with Crippen LogP contribution in [0.5, 0.6) is 0 Å². The van der Waals surface area contributed by atoms with Gasteiger partial charge in [-0.3, -0.25) is 10.1 Å². The van der Waals surface area contributed by atoms with Crippen LogP contribution in [0.4, 0.5) is 11.4 Å². The number of nitro benzene ring substituents is 1. The average Bonchev–Trinajstić information content (AvgIpc) is 2.34. The first-order valence-corrected chi connectivity index (χ1v) is 6.27. The van der Waals surface area contributed by atoms with Gasteiger partial charge in [-0.15, -0.1) is 0 Å². The molecule has 18 heavy (non-hydrogen) atoms. The van der Waals surface area contributed by atoms with E-state index in [4.69, 9.17) is 0 Å². The summed E-state index contributed by atoms with van der Waals surface area (Å²) in [7, 11) is 0. The summed E-state index contributed by atoms with van der Waals surface area (Å²) in [5.41, 5.74) is 1.78. The Bertz CT molecular complexity index is 448. The molecule has 1 aliphatic rings. The Labute approximate surface area is 106 Å². The molecule has 5 nitrogen and oxygen atoms in total. The molecule has 0 aromatic heterocycles. The van der Waals surface area contributed by atoms with Crippen molar-refractivity contribution in [3.05, 3.63) is 33.9 Å². The first-order valence-electron chi connectivity index (χ1n) is 6.27. The molecular formula is C13H18N2O3. The van der Waals surface area contributed by atoms with E-state index in [2.05, 4.69) is 5.32 Å². The van der Waals surface area contributed by atoms with E-state index in [1.165, 1.54) is 12.1 Å². The lowest BCUT2D eigenvalue weighted by molar-refractivity contribution is -0.384. The van der Waals surface area contributed by atoms with E-state index in [-0.39, 0.29) is 17.8 Å². The summed E-state index contributed by atoms with van der Waals surface area (Å²) >= 11 is 0. The molecule has 5 heteroatoms. The van der Waals surface area contributed by atoms with Crippen molar-refractivity contribution >= 4 is 11.4 Å². The molecule has 0 heterocycles. The molecule has 1 aromatic carbocycles. The Kier molecular flexibility index (Phi) is 3.81. The first-order chi connectivity index (χ1) is 8.58. The molecule has 2 N–H and O–H groups in total. The van der Waals surface area contributed by atoms with Gasteiger partial charge in [0.05, 0.1) is 17.1 Å². The van der Waals surface area contributed by atoms with Crippen LogP contribution < -0.4 is 5.32 Å². The fourth-order valence-corrected chi connectivity index (χ4v) is 2.36. The van der Waals surface area contributed by atoms with E-state index in [1.54, 1.807) is 6.07 Å². The highest BCUT2D eigenvalue weighted by molar-refractivity contribution is 5.57. The summed E-state index contributed by atoms with van der Waals surface area (Å²) in [5.74, 6) is 0. The SMILES string of the molecule is Cc1ccc([N+](=O)[O-])cc1NC1CCCCC1O. The fourth-order valence-electron chi connectivity index (χ4n) is 2.36. The van der Waals surface area contributed by atoms with Gasteiger partial charge in [0, 0.05) is 17.8 Å². The normalized spacial score (nSPS) is 23.7. The molecule has 0 spiro atoms. The molecule has 1 fully saturated rings. The van der Waals surface area contributed by atoms with Crippen molar-refractivity contribution in [3.63, 3.8) is 0 Å². The second-order valence-electron chi connectivity index (χ2n) is 4.86. The van der Waals surface area contributed by atoms with Gasteiger partial charge < -0.3 is 10.4 Å². The van der Waals surface area contributed by atoms with Crippen molar-refractivity contribution in [2.24, 2.45) is 0 Å². The van der Waals surface area contributed by atoms with Gasteiger partial charge in [0.15, 0.2) is 0 Å². The summed E-state index contributed by atoms with van der Waals surface area (Å²) in [6.07, 6.45) is 3.47. The van der Waals surface area contributed by atoms with Gasteiger partial charge in [-0.2, -0.15) is 0 Å². The second-order valence-corrected chi connectivity index (χ2v) is 4.86. The average molecular weight is 250 g/mol. The van der Waals surface area contributed by atoms with Crippen molar-refractivity contribution in [1.82, 2.24) is 0 Å². The van der Waals surface area contributed by atoms with E-state index in [9.17, 15) is 15.2 Å². The predicted octanol–water partition coefficient (Wildman–Crippen LogP) is 2.62. The maximum atomic E-state index is 10.7. The predicted molar refractivity (Wildman–Crippen MR) is 69.7 cm³/mol. The van der Waals surface area contributed by atoms with E-state index in [0.717, 1.165) is 36.9 Å². The molecule has 2 rings (SSSR count). The Morgan fingerprint density at radius 1 is 1.39 bits per heavy atom. The number of anilines is 1. The van der Waals surface area contributed by atoms with Crippen LogP contribution in [-0.4, -0.2) is 22.2 Å². The number of non-ortho nitro benzene ring substituents is 1. The van der Waals surface area contributed by atoms with E-state index in [0.29, 0.717) is 0 Å². The molecule has 0 aliphatic heterocycles. The second kappa shape index (κ2) is 5.35. The molecule has 1 saturated carbocycles. The summed E-state index contributed by atoms with van der Waals surface area (Å²) in [6.45, 7) is 1.90. The zero-order valence-electron chi connectivity index (χ0n) is 10.4. The van der Waals surface area contributed by atoms with Crippen molar-refractivity contribution in [1.29, 1.82) is 0 Å². The first kappa shape index (κ1) is 12.8. The van der Waals surface area contributed by atoms with Crippen LogP contribution in [-0.2, 0) is 0 Å². The number of hydrogen-bond donors (Lipinski definition) is 2. The number of nitrogens with zero attached hydrogens (tertiary/aromatic N) is 1. The number of nitrogens with one attached hydrogen (secondary N) is 1. The molecule has 0 saturated heterocycles. The topological polar surface area (TPSA) is 75.4 Å². The monoisotopic (exact) mass is 250 g/mol. The van der Waals surface area contributed by atoms with Gasteiger partial charge in [-0.25, -0.2) is 0 Å². The van der Waals surface area contributed by atoms with Crippen LogP contribution in [0.25, 0.3) is 0 Å². The van der Waals surface area contributed by atoms with Crippen LogP contribution in [0.3, 0.4) is 0 Å². The van der Waals surface area contributed by atoms with Crippen LogP contribution >= 0.6 is 0 Å². The third-order valence-corrected chi connectivity index (χ3v) is 3.50. The van der Waals surface area contributed by atoms with Crippen molar-refractivity contribution < 1.29 is 10.0 Å². The van der Waals surface area contributed by atoms with Gasteiger partial charge in [0.1, 0.15) is 0 Å². The fraction of sp³-hybridized carbons (Fsp3) is 0.538. The molecule has 98 valence electrons. The minimum Gasteiger partial charge on any atom is -0.391 e. The molecule has 2 unspecified atom stereocenters. The van der Waals surface area contributed by atoms with E-state index < -0.39 is 4.92 Å². The van der Waals surface area contributed by atoms with Crippen LogP contribution in [0, 0.1) is 17.0 Å². The van der Waals surface area contributed by atoms with Crippen molar-refractivity contribution in [2.45, 2.75) is 44.8 Å². The summed E-state index contributed by atoms with van der Waals surface area (Å²) in [4.78, 5) is 10.3. The zero-order valence-corrected chi connectivity index (χ0v) is 10.4. The zero-order chi connectivity index (χ0) is 13.1. The minimum atomic E-state index is -0.401. The number of aliphatic hydroxyl groups is 1. The molecule has 1 aromatic rings. The third kappa shape index (κ3) is 2.79. The van der Waals surface area contributed by atoms with Crippen LogP contribution in [0.2, 0.25) is 0 Å². The summed E-state index contributed by atoms with van der Waals surface area (Å²) < 4.78 is 0. The number of aliphatic hydroxyl groups excluding tert-OH is 1. The molecule has 0 bridgehead atoms. The Balaban J connectivity index is 2.17. The van der Waals surface area contributed by atoms with Gasteiger partial charge in [0.2, 0.25) is 0 Å².